The third-order valence-electron chi connectivity index (χ3n) is 2.20. The predicted octanol–water partition coefficient (Wildman–Crippen LogP) is 1.91. The first-order chi connectivity index (χ1) is 7.85. The van der Waals surface area contributed by atoms with Crippen LogP contribution in [0.4, 0.5) is 0 Å². The quantitative estimate of drug-likeness (QED) is 0.754. The fraction of sp³-hybridized carbons (Fsp3) is 0.667. The summed E-state index contributed by atoms with van der Waals surface area (Å²) in [5.41, 5.74) is 0.952. The zero-order chi connectivity index (χ0) is 13.1. The van der Waals surface area contributed by atoms with Crippen molar-refractivity contribution in [2.75, 3.05) is 6.61 Å². The summed E-state index contributed by atoms with van der Waals surface area (Å²) < 4.78 is 12.3. The topological polar surface area (TPSA) is 53.3 Å². The van der Waals surface area contributed by atoms with Gasteiger partial charge in [-0.05, 0) is 27.7 Å². The second-order valence-corrected chi connectivity index (χ2v) is 4.75. The molecule has 0 aliphatic heterocycles. The molecule has 5 nitrogen and oxygen atoms in total. The molecule has 0 bridgehead atoms. The Morgan fingerprint density at radius 3 is 2.65 bits per heavy atom. The van der Waals surface area contributed by atoms with Gasteiger partial charge in [0.15, 0.2) is 0 Å². The Morgan fingerprint density at radius 1 is 1.47 bits per heavy atom. The van der Waals surface area contributed by atoms with Gasteiger partial charge in [-0.3, -0.25) is 4.68 Å². The average molecular weight is 240 g/mol. The van der Waals surface area contributed by atoms with E-state index in [9.17, 15) is 4.79 Å². The van der Waals surface area contributed by atoms with E-state index in [-0.39, 0.29) is 11.6 Å². The Bertz CT molecular complexity index is 391. The van der Waals surface area contributed by atoms with Crippen LogP contribution in [0.2, 0.25) is 0 Å². The zero-order valence-electron chi connectivity index (χ0n) is 11.1. The molecule has 0 atom stereocenters. The third kappa shape index (κ3) is 3.85. The molecule has 96 valence electrons. The number of rotatable bonds is 4. The summed E-state index contributed by atoms with van der Waals surface area (Å²) in [6.45, 7) is 8.37. The SMILES string of the molecule is CCOC(=O)c1cnn(C)c1COC(C)(C)C. The maximum Gasteiger partial charge on any atom is 0.341 e. The van der Waals surface area contributed by atoms with Crippen molar-refractivity contribution in [2.24, 2.45) is 7.05 Å². The van der Waals surface area contributed by atoms with Gasteiger partial charge >= 0.3 is 5.97 Å². The summed E-state index contributed by atoms with van der Waals surface area (Å²) in [5.74, 6) is -0.354. The third-order valence-corrected chi connectivity index (χ3v) is 2.20. The Balaban J connectivity index is 2.83. The predicted molar refractivity (Wildman–Crippen MR) is 63.7 cm³/mol. The molecule has 0 saturated heterocycles. The van der Waals surface area contributed by atoms with Crippen LogP contribution in [0.3, 0.4) is 0 Å². The zero-order valence-corrected chi connectivity index (χ0v) is 11.1. The minimum atomic E-state index is -0.354. The summed E-state index contributed by atoms with van der Waals surface area (Å²) in [4.78, 5) is 11.7. The van der Waals surface area contributed by atoms with E-state index in [1.165, 1.54) is 6.20 Å². The van der Waals surface area contributed by atoms with Crippen LogP contribution in [0, 0.1) is 0 Å². The van der Waals surface area contributed by atoms with Crippen LogP contribution in [0.25, 0.3) is 0 Å². The summed E-state index contributed by atoms with van der Waals surface area (Å²) in [7, 11) is 1.78. The van der Waals surface area contributed by atoms with Crippen LogP contribution in [0.5, 0.6) is 0 Å². The van der Waals surface area contributed by atoms with Gasteiger partial charge < -0.3 is 9.47 Å². The van der Waals surface area contributed by atoms with Gasteiger partial charge in [0.1, 0.15) is 5.56 Å². The van der Waals surface area contributed by atoms with E-state index in [0.29, 0.717) is 18.8 Å². The van der Waals surface area contributed by atoms with E-state index < -0.39 is 0 Å². The Morgan fingerprint density at radius 2 is 2.12 bits per heavy atom. The lowest BCUT2D eigenvalue weighted by Crippen LogP contribution is -2.21. The number of aromatic nitrogens is 2. The van der Waals surface area contributed by atoms with E-state index in [2.05, 4.69) is 5.10 Å². The lowest BCUT2D eigenvalue weighted by molar-refractivity contribution is -0.0183. The number of esters is 1. The maximum absolute atomic E-state index is 11.7. The van der Waals surface area contributed by atoms with Gasteiger partial charge in [-0.25, -0.2) is 4.79 Å². The molecule has 0 amide bonds. The van der Waals surface area contributed by atoms with Crippen LogP contribution >= 0.6 is 0 Å². The summed E-state index contributed by atoms with van der Waals surface area (Å²) >= 11 is 0. The van der Waals surface area contributed by atoms with Crippen molar-refractivity contribution in [3.63, 3.8) is 0 Å². The van der Waals surface area contributed by atoms with Gasteiger partial charge in [0.05, 0.1) is 30.7 Å². The van der Waals surface area contributed by atoms with Crippen LogP contribution in [-0.4, -0.2) is 28.0 Å². The molecule has 0 N–H and O–H groups in total. The Kier molecular flexibility index (Phi) is 4.28. The Hall–Kier alpha value is -1.36. The molecule has 0 aliphatic rings. The van der Waals surface area contributed by atoms with E-state index >= 15 is 0 Å². The van der Waals surface area contributed by atoms with E-state index in [1.54, 1.807) is 18.7 Å². The Labute approximate surface area is 102 Å². The fourth-order valence-electron chi connectivity index (χ4n) is 1.30. The number of aryl methyl sites for hydroxylation is 1. The minimum absolute atomic E-state index is 0.254. The number of hydrogen-bond donors (Lipinski definition) is 0. The maximum atomic E-state index is 11.7. The fourth-order valence-corrected chi connectivity index (χ4v) is 1.30. The molecule has 0 fully saturated rings. The first-order valence-corrected chi connectivity index (χ1v) is 5.67. The van der Waals surface area contributed by atoms with Crippen molar-refractivity contribution in [3.8, 4) is 0 Å². The highest BCUT2D eigenvalue weighted by Gasteiger charge is 2.19. The molecule has 0 aromatic carbocycles. The van der Waals surface area contributed by atoms with Crippen molar-refractivity contribution in [3.05, 3.63) is 17.5 Å². The van der Waals surface area contributed by atoms with Gasteiger partial charge in [-0.1, -0.05) is 0 Å². The molecular formula is C12H20N2O3. The summed E-state index contributed by atoms with van der Waals surface area (Å²) in [5, 5.41) is 4.06. The molecule has 1 heterocycles. The van der Waals surface area contributed by atoms with Gasteiger partial charge in [0, 0.05) is 7.05 Å². The van der Waals surface area contributed by atoms with Crippen molar-refractivity contribution in [1.29, 1.82) is 0 Å². The van der Waals surface area contributed by atoms with Crippen LogP contribution in [0.15, 0.2) is 6.20 Å². The number of carbonyl (C=O) groups is 1. The molecule has 1 rings (SSSR count). The highest BCUT2D eigenvalue weighted by Crippen LogP contribution is 2.15. The standard InChI is InChI=1S/C12H20N2O3/c1-6-16-11(15)9-7-13-14(5)10(9)8-17-12(2,3)4/h7H,6,8H2,1-5H3. The van der Waals surface area contributed by atoms with Gasteiger partial charge in [0.25, 0.3) is 0 Å². The van der Waals surface area contributed by atoms with Crippen molar-refractivity contribution in [2.45, 2.75) is 39.9 Å². The van der Waals surface area contributed by atoms with E-state index in [1.807, 2.05) is 20.8 Å². The molecule has 5 heteroatoms. The van der Waals surface area contributed by atoms with E-state index in [0.717, 1.165) is 5.69 Å². The lowest BCUT2D eigenvalue weighted by atomic mass is 10.2. The second kappa shape index (κ2) is 5.31. The first-order valence-electron chi connectivity index (χ1n) is 5.67. The monoisotopic (exact) mass is 240 g/mol. The van der Waals surface area contributed by atoms with Gasteiger partial charge in [-0.2, -0.15) is 5.10 Å². The van der Waals surface area contributed by atoms with Crippen LogP contribution < -0.4 is 0 Å². The summed E-state index contributed by atoms with van der Waals surface area (Å²) in [6, 6.07) is 0. The minimum Gasteiger partial charge on any atom is -0.462 e. The number of carbonyl (C=O) groups excluding carboxylic acids is 1. The second-order valence-electron chi connectivity index (χ2n) is 4.75. The van der Waals surface area contributed by atoms with Crippen LogP contribution in [0.1, 0.15) is 43.7 Å². The van der Waals surface area contributed by atoms with Crippen molar-refractivity contribution in [1.82, 2.24) is 9.78 Å². The molecular weight excluding hydrogens is 220 g/mol. The van der Waals surface area contributed by atoms with Crippen molar-refractivity contribution < 1.29 is 14.3 Å². The number of ether oxygens (including phenoxy) is 2. The molecule has 0 unspecified atom stereocenters. The lowest BCUT2D eigenvalue weighted by Gasteiger charge is -2.19. The first kappa shape index (κ1) is 13.7. The van der Waals surface area contributed by atoms with Crippen LogP contribution in [-0.2, 0) is 23.1 Å². The molecule has 0 radical (unpaired) electrons. The normalized spacial score (nSPS) is 11.6. The smallest absolute Gasteiger partial charge is 0.341 e. The molecule has 1 aromatic rings. The number of hydrogen-bond acceptors (Lipinski definition) is 4. The number of nitrogens with zero attached hydrogens (tertiary/aromatic N) is 2. The molecule has 0 spiro atoms. The van der Waals surface area contributed by atoms with Gasteiger partial charge in [0.2, 0.25) is 0 Å². The summed E-state index contributed by atoms with van der Waals surface area (Å²) in [6.07, 6.45) is 1.51. The molecule has 0 aliphatic carbocycles. The highest BCUT2D eigenvalue weighted by molar-refractivity contribution is 5.90. The molecule has 17 heavy (non-hydrogen) atoms. The highest BCUT2D eigenvalue weighted by atomic mass is 16.5. The van der Waals surface area contributed by atoms with E-state index in [4.69, 9.17) is 9.47 Å². The van der Waals surface area contributed by atoms with Crippen molar-refractivity contribution >= 4 is 5.97 Å². The largest absolute Gasteiger partial charge is 0.462 e. The average Bonchev–Trinajstić information content (AvgIpc) is 2.56. The molecule has 1 aromatic heterocycles. The molecule has 0 saturated carbocycles. The van der Waals surface area contributed by atoms with Gasteiger partial charge in [-0.15, -0.1) is 0 Å².